The molecule has 0 radical (unpaired) electrons. The van der Waals surface area contributed by atoms with Crippen molar-refractivity contribution in [3.8, 4) is 34.0 Å². The Kier molecular flexibility index (Phi) is 6.47. The highest BCUT2D eigenvalue weighted by Crippen LogP contribution is 2.51. The van der Waals surface area contributed by atoms with E-state index < -0.39 is 0 Å². The van der Waals surface area contributed by atoms with Gasteiger partial charge in [-0.25, -0.2) is 9.97 Å². The fourth-order valence-electron chi connectivity index (χ4n) is 8.77. The fourth-order valence-corrected chi connectivity index (χ4v) is 10.0. The first-order valence-corrected chi connectivity index (χ1v) is 19.4. The highest BCUT2D eigenvalue weighted by atomic mass is 32.1. The molecule has 0 unspecified atom stereocenters. The molecule has 4 aromatic heterocycles. The highest BCUT2D eigenvalue weighted by Gasteiger charge is 2.26. The van der Waals surface area contributed by atoms with E-state index in [4.69, 9.17) is 9.97 Å². The molecule has 0 atom stereocenters. The molecule has 0 saturated heterocycles. The van der Waals surface area contributed by atoms with Crippen molar-refractivity contribution in [1.82, 2.24) is 19.1 Å². The second-order valence-corrected chi connectivity index (χ2v) is 15.2. The van der Waals surface area contributed by atoms with Gasteiger partial charge in [-0.2, -0.15) is 0 Å². The van der Waals surface area contributed by atoms with E-state index in [1.165, 1.54) is 63.8 Å². The lowest BCUT2D eigenvalue weighted by atomic mass is 10.0. The van der Waals surface area contributed by atoms with Gasteiger partial charge in [0.05, 0.1) is 33.3 Å². The van der Waals surface area contributed by atoms with Crippen molar-refractivity contribution in [1.29, 1.82) is 0 Å². The van der Waals surface area contributed by atoms with E-state index in [0.717, 1.165) is 39.1 Å². The quantitative estimate of drug-likeness (QED) is 0.182. The maximum absolute atomic E-state index is 5.18. The molecule has 0 N–H and O–H groups in total. The number of para-hydroxylation sites is 4. The van der Waals surface area contributed by atoms with Crippen molar-refractivity contribution < 1.29 is 0 Å². The van der Waals surface area contributed by atoms with E-state index in [0.29, 0.717) is 5.82 Å². The molecular formula is C50H30N4S. The van der Waals surface area contributed by atoms with Gasteiger partial charge in [0.2, 0.25) is 0 Å². The molecule has 0 bridgehead atoms. The highest BCUT2D eigenvalue weighted by molar-refractivity contribution is 7.27. The van der Waals surface area contributed by atoms with Crippen LogP contribution in [-0.2, 0) is 0 Å². The van der Waals surface area contributed by atoms with Crippen LogP contribution in [0.25, 0.3) is 109 Å². The van der Waals surface area contributed by atoms with Gasteiger partial charge >= 0.3 is 0 Å². The minimum absolute atomic E-state index is 0.714. The lowest BCUT2D eigenvalue weighted by Gasteiger charge is -2.13. The summed E-state index contributed by atoms with van der Waals surface area (Å²) in [6.07, 6.45) is 0. The van der Waals surface area contributed by atoms with Crippen LogP contribution in [0.4, 0.5) is 0 Å². The summed E-state index contributed by atoms with van der Waals surface area (Å²) in [5.41, 5.74) is 11.0. The van der Waals surface area contributed by atoms with Crippen LogP contribution in [0.1, 0.15) is 0 Å². The maximum atomic E-state index is 5.18. The lowest BCUT2D eigenvalue weighted by molar-refractivity contribution is 1.17. The third-order valence-corrected chi connectivity index (χ3v) is 12.3. The monoisotopic (exact) mass is 718 g/mol. The maximum Gasteiger partial charge on any atom is 0.160 e. The number of nitrogens with zero attached hydrogens (tertiary/aromatic N) is 4. The minimum Gasteiger partial charge on any atom is -0.308 e. The molecule has 0 aliphatic heterocycles. The predicted molar refractivity (Wildman–Crippen MR) is 232 cm³/mol. The second-order valence-electron chi connectivity index (χ2n) is 14.1. The first kappa shape index (κ1) is 30.4. The van der Waals surface area contributed by atoms with Crippen LogP contribution < -0.4 is 0 Å². The number of aromatic nitrogens is 4. The topological polar surface area (TPSA) is 35.6 Å². The number of hydrogen-bond donors (Lipinski definition) is 0. The zero-order valence-corrected chi connectivity index (χ0v) is 30.3. The first-order chi connectivity index (χ1) is 27.3. The average Bonchev–Trinajstić information content (AvgIpc) is 3.92. The number of rotatable bonds is 4. The molecule has 256 valence electrons. The van der Waals surface area contributed by atoms with E-state index in [9.17, 15) is 0 Å². The Balaban J connectivity index is 1.18. The smallest absolute Gasteiger partial charge is 0.160 e. The number of thiophene rings is 1. The van der Waals surface area contributed by atoms with Gasteiger partial charge in [-0.15, -0.1) is 11.3 Å². The Hall–Kier alpha value is -7.08. The van der Waals surface area contributed by atoms with Crippen molar-refractivity contribution in [2.24, 2.45) is 0 Å². The van der Waals surface area contributed by atoms with Crippen molar-refractivity contribution in [3.63, 3.8) is 0 Å². The predicted octanol–water partition coefficient (Wildman–Crippen LogP) is 13.5. The van der Waals surface area contributed by atoms with Crippen LogP contribution in [0.5, 0.6) is 0 Å². The van der Waals surface area contributed by atoms with Crippen LogP contribution in [0.15, 0.2) is 182 Å². The normalized spacial score (nSPS) is 12.0. The molecule has 0 fully saturated rings. The van der Waals surface area contributed by atoms with E-state index in [2.05, 4.69) is 179 Å². The molecule has 4 nitrogen and oxygen atoms in total. The zero-order valence-electron chi connectivity index (χ0n) is 29.5. The summed E-state index contributed by atoms with van der Waals surface area (Å²) in [6, 6.07) is 65.0. The zero-order chi connectivity index (χ0) is 36.0. The third kappa shape index (κ3) is 4.39. The van der Waals surface area contributed by atoms with Crippen LogP contribution in [-0.4, -0.2) is 19.1 Å². The fraction of sp³-hybridized carbons (Fsp3) is 0. The number of hydrogen-bond acceptors (Lipinski definition) is 3. The Bertz CT molecular complexity index is 3470. The lowest BCUT2D eigenvalue weighted by Crippen LogP contribution is -1.97. The van der Waals surface area contributed by atoms with E-state index in [1.54, 1.807) is 0 Å². The molecule has 55 heavy (non-hydrogen) atoms. The van der Waals surface area contributed by atoms with Crippen LogP contribution in [0.2, 0.25) is 0 Å². The molecule has 12 rings (SSSR count). The Labute approximate surface area is 319 Å². The van der Waals surface area contributed by atoms with E-state index in [-0.39, 0.29) is 0 Å². The third-order valence-electron chi connectivity index (χ3n) is 11.1. The van der Waals surface area contributed by atoms with Gasteiger partial charge in [-0.1, -0.05) is 121 Å². The van der Waals surface area contributed by atoms with Crippen molar-refractivity contribution in [2.45, 2.75) is 0 Å². The molecule has 0 amide bonds. The molecule has 12 aromatic rings. The molecule has 0 aliphatic rings. The SMILES string of the molecule is c1ccc(-c2nc(-c3ccc(-n4c5ccccc5c5c6c(c7ccccc7n6-c6ccccc6)c6sc7ccccc7c6c54)cc3)nc3ccccc23)cc1. The largest absolute Gasteiger partial charge is 0.308 e. The van der Waals surface area contributed by atoms with Crippen molar-refractivity contribution >= 4 is 86.0 Å². The summed E-state index contributed by atoms with van der Waals surface area (Å²) in [6.45, 7) is 0. The molecule has 4 heterocycles. The number of fused-ring (bicyclic) bond motifs is 13. The van der Waals surface area contributed by atoms with Gasteiger partial charge in [0.25, 0.3) is 0 Å². The summed E-state index contributed by atoms with van der Waals surface area (Å²) in [7, 11) is 0. The molecular weight excluding hydrogens is 689 g/mol. The van der Waals surface area contributed by atoms with Gasteiger partial charge < -0.3 is 9.13 Å². The summed E-state index contributed by atoms with van der Waals surface area (Å²) in [5.74, 6) is 0.714. The minimum atomic E-state index is 0.714. The van der Waals surface area contributed by atoms with Crippen molar-refractivity contribution in [3.05, 3.63) is 182 Å². The van der Waals surface area contributed by atoms with Crippen molar-refractivity contribution in [2.75, 3.05) is 0 Å². The van der Waals surface area contributed by atoms with Gasteiger partial charge in [0.15, 0.2) is 5.82 Å². The Morgan fingerprint density at radius 3 is 1.62 bits per heavy atom. The number of benzene rings is 8. The van der Waals surface area contributed by atoms with Gasteiger partial charge in [-0.05, 0) is 60.7 Å². The second kappa shape index (κ2) is 11.7. The van der Waals surface area contributed by atoms with Crippen LogP contribution >= 0.6 is 11.3 Å². The summed E-state index contributed by atoms with van der Waals surface area (Å²) in [4.78, 5) is 10.2. The van der Waals surface area contributed by atoms with Gasteiger partial charge in [-0.3, -0.25) is 0 Å². The summed E-state index contributed by atoms with van der Waals surface area (Å²) < 4.78 is 7.57. The van der Waals surface area contributed by atoms with Crippen LogP contribution in [0, 0.1) is 0 Å². The molecule has 0 aliphatic carbocycles. The molecule has 5 heteroatoms. The van der Waals surface area contributed by atoms with E-state index in [1.807, 2.05) is 23.5 Å². The molecule has 8 aromatic carbocycles. The van der Waals surface area contributed by atoms with Gasteiger partial charge in [0.1, 0.15) is 0 Å². The summed E-state index contributed by atoms with van der Waals surface area (Å²) >= 11 is 1.90. The Morgan fingerprint density at radius 2 is 0.909 bits per heavy atom. The van der Waals surface area contributed by atoms with Crippen LogP contribution in [0.3, 0.4) is 0 Å². The van der Waals surface area contributed by atoms with E-state index >= 15 is 0 Å². The average molecular weight is 719 g/mol. The molecule has 0 saturated carbocycles. The van der Waals surface area contributed by atoms with Gasteiger partial charge in [0, 0.05) is 69.6 Å². The Morgan fingerprint density at radius 1 is 0.382 bits per heavy atom. The summed E-state index contributed by atoms with van der Waals surface area (Å²) in [5, 5.41) is 8.69. The first-order valence-electron chi connectivity index (χ1n) is 18.6. The standard InChI is InChI=1S/C50H30N4S/c1-3-15-31(16-4-1)46-35-19-7-11-23-39(35)51-50(52-46)32-27-29-34(30-28-32)54-40-24-12-8-20-36(40)43-47-44(49-45(48(43)54)38-22-10-14-26-42(38)55-49)37-21-9-13-25-41(37)53(47)33-17-5-2-6-18-33/h1-30H. The molecule has 0 spiro atoms.